The molecule has 0 bridgehead atoms. The number of anilines is 1. The minimum absolute atomic E-state index is 0.258. The van der Waals surface area contributed by atoms with Gasteiger partial charge in [0.05, 0.1) is 6.54 Å². The number of benzene rings is 1. The van der Waals surface area contributed by atoms with E-state index in [4.69, 9.17) is 0 Å². The van der Waals surface area contributed by atoms with Gasteiger partial charge in [0.15, 0.2) is 5.82 Å². The van der Waals surface area contributed by atoms with Crippen molar-refractivity contribution in [2.45, 2.75) is 13.5 Å². The van der Waals surface area contributed by atoms with Gasteiger partial charge in [0, 0.05) is 25.5 Å². The van der Waals surface area contributed by atoms with Crippen molar-refractivity contribution >= 4 is 11.7 Å². The molecule has 8 nitrogen and oxygen atoms in total. The Bertz CT molecular complexity index is 961. The van der Waals surface area contributed by atoms with Crippen molar-refractivity contribution in [2.75, 3.05) is 11.9 Å². The van der Waals surface area contributed by atoms with Gasteiger partial charge in [0.25, 0.3) is 0 Å². The second-order valence-corrected chi connectivity index (χ2v) is 5.80. The van der Waals surface area contributed by atoms with Crippen LogP contribution in [0, 0.1) is 6.92 Å². The molecule has 0 aliphatic rings. The summed E-state index contributed by atoms with van der Waals surface area (Å²) in [7, 11) is 1.65. The summed E-state index contributed by atoms with van der Waals surface area (Å²) in [5.74, 6) is 0.486. The van der Waals surface area contributed by atoms with Crippen molar-refractivity contribution in [1.29, 1.82) is 0 Å². The first-order valence-electron chi connectivity index (χ1n) is 8.22. The highest BCUT2D eigenvalue weighted by Crippen LogP contribution is 2.12. The third-order valence-corrected chi connectivity index (χ3v) is 3.94. The lowest BCUT2D eigenvalue weighted by Gasteiger charge is -2.09. The Balaban J connectivity index is 1.61. The number of carbonyl (C=O) groups is 1. The monoisotopic (exact) mass is 352 g/mol. The van der Waals surface area contributed by atoms with Gasteiger partial charge in [-0.3, -0.25) is 9.55 Å². The van der Waals surface area contributed by atoms with Crippen LogP contribution in [0.25, 0.3) is 11.5 Å². The second kappa shape index (κ2) is 7.64. The topological polar surface area (TPSA) is 93.8 Å². The Hall–Kier alpha value is -3.42. The minimum Gasteiger partial charge on any atom is -0.336 e. The maximum absolute atomic E-state index is 12.3. The first-order chi connectivity index (χ1) is 12.6. The molecule has 2 aromatic heterocycles. The average molecular weight is 352 g/mol. The van der Waals surface area contributed by atoms with Crippen LogP contribution < -0.4 is 16.3 Å². The molecule has 0 spiro atoms. The summed E-state index contributed by atoms with van der Waals surface area (Å²) in [5, 5.41) is 9.82. The van der Waals surface area contributed by atoms with E-state index in [2.05, 4.69) is 20.7 Å². The number of urea groups is 1. The molecule has 8 heteroatoms. The van der Waals surface area contributed by atoms with Crippen LogP contribution in [0.3, 0.4) is 0 Å². The molecule has 0 aliphatic carbocycles. The molecule has 2 N–H and O–H groups in total. The SMILES string of the molecule is Cc1ccccc1NC(=O)NCCn1nc(-c2ccccn2)n(C)c1=O. The van der Waals surface area contributed by atoms with Gasteiger partial charge in [-0.1, -0.05) is 24.3 Å². The van der Waals surface area contributed by atoms with Crippen LogP contribution in [0.4, 0.5) is 10.5 Å². The Morgan fingerprint density at radius 2 is 1.92 bits per heavy atom. The molecule has 2 heterocycles. The zero-order chi connectivity index (χ0) is 18.5. The molecule has 0 aliphatic heterocycles. The van der Waals surface area contributed by atoms with E-state index in [1.165, 1.54) is 9.25 Å². The highest BCUT2D eigenvalue weighted by Gasteiger charge is 2.13. The number of carbonyl (C=O) groups excluding carboxylic acids is 1. The maximum Gasteiger partial charge on any atom is 0.346 e. The Kier molecular flexibility index (Phi) is 5.12. The number of amides is 2. The number of hydrogen-bond acceptors (Lipinski definition) is 4. The molecular weight excluding hydrogens is 332 g/mol. The van der Waals surface area contributed by atoms with Crippen molar-refractivity contribution in [3.8, 4) is 11.5 Å². The van der Waals surface area contributed by atoms with Crippen LogP contribution in [0.15, 0.2) is 53.5 Å². The first kappa shape index (κ1) is 17.4. The van der Waals surface area contributed by atoms with Gasteiger partial charge in [-0.25, -0.2) is 14.3 Å². The number of nitrogens with one attached hydrogen (secondary N) is 2. The van der Waals surface area contributed by atoms with Crippen molar-refractivity contribution in [2.24, 2.45) is 7.05 Å². The third kappa shape index (κ3) is 3.80. The summed E-state index contributed by atoms with van der Waals surface area (Å²) in [5.41, 5.74) is 2.09. The highest BCUT2D eigenvalue weighted by atomic mass is 16.2. The Labute approximate surface area is 150 Å². The zero-order valence-electron chi connectivity index (χ0n) is 14.6. The maximum atomic E-state index is 12.3. The number of pyridine rings is 1. The van der Waals surface area contributed by atoms with Gasteiger partial charge >= 0.3 is 11.7 Å². The van der Waals surface area contributed by atoms with Gasteiger partial charge in [-0.05, 0) is 30.7 Å². The molecular formula is C18H20N6O2. The lowest BCUT2D eigenvalue weighted by molar-refractivity contribution is 0.251. The van der Waals surface area contributed by atoms with E-state index >= 15 is 0 Å². The van der Waals surface area contributed by atoms with Gasteiger partial charge < -0.3 is 10.6 Å². The van der Waals surface area contributed by atoms with Crippen LogP contribution in [0.1, 0.15) is 5.56 Å². The van der Waals surface area contributed by atoms with Crippen LogP contribution in [0.5, 0.6) is 0 Å². The fraction of sp³-hybridized carbons (Fsp3) is 0.222. The number of aryl methyl sites for hydroxylation is 1. The summed E-state index contributed by atoms with van der Waals surface area (Å²) in [4.78, 5) is 28.5. The molecule has 3 aromatic rings. The fourth-order valence-electron chi connectivity index (χ4n) is 2.51. The lowest BCUT2D eigenvalue weighted by atomic mass is 10.2. The Morgan fingerprint density at radius 3 is 2.65 bits per heavy atom. The van der Waals surface area contributed by atoms with E-state index in [1.54, 1.807) is 25.4 Å². The summed E-state index contributed by atoms with van der Waals surface area (Å²) in [6.07, 6.45) is 1.65. The van der Waals surface area contributed by atoms with Crippen LogP contribution >= 0.6 is 0 Å². The summed E-state index contributed by atoms with van der Waals surface area (Å²) in [6, 6.07) is 12.6. The van der Waals surface area contributed by atoms with E-state index in [0.717, 1.165) is 11.3 Å². The highest BCUT2D eigenvalue weighted by molar-refractivity contribution is 5.89. The number of rotatable bonds is 5. The average Bonchev–Trinajstić information content (AvgIpc) is 2.93. The number of nitrogens with zero attached hydrogens (tertiary/aromatic N) is 4. The summed E-state index contributed by atoms with van der Waals surface area (Å²) in [6.45, 7) is 2.46. The van der Waals surface area contributed by atoms with Gasteiger partial charge in [0.1, 0.15) is 5.69 Å². The van der Waals surface area contributed by atoms with Crippen molar-refractivity contribution in [1.82, 2.24) is 24.6 Å². The predicted molar refractivity (Wildman–Crippen MR) is 98.9 cm³/mol. The zero-order valence-corrected chi connectivity index (χ0v) is 14.6. The fourth-order valence-corrected chi connectivity index (χ4v) is 2.51. The van der Waals surface area contributed by atoms with E-state index in [9.17, 15) is 9.59 Å². The standard InChI is InChI=1S/C18H20N6O2/c1-13-7-3-4-8-14(13)21-17(25)20-11-12-24-18(26)23(2)16(22-24)15-9-5-6-10-19-15/h3-10H,11-12H2,1-2H3,(H2,20,21,25). The molecule has 3 rings (SSSR count). The number of hydrogen-bond donors (Lipinski definition) is 2. The molecule has 0 radical (unpaired) electrons. The van der Waals surface area contributed by atoms with Crippen molar-refractivity contribution < 1.29 is 4.79 Å². The second-order valence-electron chi connectivity index (χ2n) is 5.80. The number of para-hydroxylation sites is 1. The van der Waals surface area contributed by atoms with Gasteiger partial charge in [-0.15, -0.1) is 5.10 Å². The van der Waals surface area contributed by atoms with Crippen molar-refractivity contribution in [3.05, 3.63) is 64.7 Å². The summed E-state index contributed by atoms with van der Waals surface area (Å²) >= 11 is 0. The molecule has 134 valence electrons. The van der Waals surface area contributed by atoms with E-state index in [0.29, 0.717) is 11.5 Å². The van der Waals surface area contributed by atoms with E-state index in [1.807, 2.05) is 37.3 Å². The molecule has 1 aromatic carbocycles. The predicted octanol–water partition coefficient (Wildman–Crippen LogP) is 1.77. The lowest BCUT2D eigenvalue weighted by Crippen LogP contribution is -2.34. The molecule has 2 amide bonds. The quantitative estimate of drug-likeness (QED) is 0.732. The molecule has 0 saturated carbocycles. The normalized spacial score (nSPS) is 10.5. The van der Waals surface area contributed by atoms with Gasteiger partial charge in [0.2, 0.25) is 0 Å². The smallest absolute Gasteiger partial charge is 0.336 e. The molecule has 0 fully saturated rings. The van der Waals surface area contributed by atoms with Crippen LogP contribution in [0.2, 0.25) is 0 Å². The molecule has 0 unspecified atom stereocenters. The molecule has 0 saturated heterocycles. The molecule has 26 heavy (non-hydrogen) atoms. The minimum atomic E-state index is -0.326. The third-order valence-electron chi connectivity index (χ3n) is 3.94. The van der Waals surface area contributed by atoms with E-state index < -0.39 is 0 Å². The number of aromatic nitrogens is 4. The largest absolute Gasteiger partial charge is 0.346 e. The molecule has 0 atom stereocenters. The summed E-state index contributed by atoms with van der Waals surface area (Å²) < 4.78 is 2.76. The van der Waals surface area contributed by atoms with Crippen LogP contribution in [-0.2, 0) is 13.6 Å². The Morgan fingerprint density at radius 1 is 1.15 bits per heavy atom. The van der Waals surface area contributed by atoms with Crippen molar-refractivity contribution in [3.63, 3.8) is 0 Å². The van der Waals surface area contributed by atoms with Gasteiger partial charge in [-0.2, -0.15) is 0 Å². The van der Waals surface area contributed by atoms with E-state index in [-0.39, 0.29) is 24.8 Å². The van der Waals surface area contributed by atoms with Crippen LogP contribution in [-0.4, -0.2) is 31.9 Å². The first-order valence-corrected chi connectivity index (χ1v) is 8.22.